The minimum Gasteiger partial charge on any atom is -0.378 e. The third kappa shape index (κ3) is 4.02. The molecular weight excluding hydrogens is 271 g/mol. The van der Waals surface area contributed by atoms with Gasteiger partial charge in [-0.3, -0.25) is 4.79 Å². The maximum atomic E-state index is 14.0. The topological polar surface area (TPSA) is 55.6 Å². The van der Waals surface area contributed by atoms with E-state index in [1.807, 2.05) is 0 Å². The second-order valence-electron chi connectivity index (χ2n) is 5.44. The highest BCUT2D eigenvalue weighted by Gasteiger charge is 2.25. The van der Waals surface area contributed by atoms with Crippen LogP contribution in [0.1, 0.15) is 35.2 Å². The standard InChI is InChI=1S/C16H23FN2O2/c1-12-4-2-5-14(15(12)17)16(20)19-9-6-13(7-10-19)21-11-3-8-18/h2,4-5,13H,3,6-11,18H2,1H3. The smallest absolute Gasteiger partial charge is 0.256 e. The van der Waals surface area contributed by atoms with Gasteiger partial charge in [0, 0.05) is 19.7 Å². The van der Waals surface area contributed by atoms with Gasteiger partial charge in [-0.2, -0.15) is 0 Å². The molecule has 1 aromatic carbocycles. The number of likely N-dealkylation sites (tertiary alicyclic amines) is 1. The number of piperidine rings is 1. The van der Waals surface area contributed by atoms with Gasteiger partial charge in [-0.15, -0.1) is 0 Å². The average molecular weight is 294 g/mol. The van der Waals surface area contributed by atoms with Crippen LogP contribution in [0.5, 0.6) is 0 Å². The molecule has 0 spiro atoms. The minimum atomic E-state index is -0.413. The molecule has 0 aromatic heterocycles. The molecule has 21 heavy (non-hydrogen) atoms. The Morgan fingerprint density at radius 3 is 2.81 bits per heavy atom. The first-order valence-corrected chi connectivity index (χ1v) is 7.49. The van der Waals surface area contributed by atoms with E-state index in [2.05, 4.69) is 0 Å². The first-order chi connectivity index (χ1) is 10.1. The molecule has 0 atom stereocenters. The molecular formula is C16H23FN2O2. The third-order valence-corrected chi connectivity index (χ3v) is 3.85. The summed E-state index contributed by atoms with van der Waals surface area (Å²) in [4.78, 5) is 14.1. The van der Waals surface area contributed by atoms with Gasteiger partial charge in [0.2, 0.25) is 0 Å². The average Bonchev–Trinajstić information content (AvgIpc) is 2.50. The van der Waals surface area contributed by atoms with Crippen molar-refractivity contribution < 1.29 is 13.9 Å². The predicted molar refractivity (Wildman–Crippen MR) is 79.7 cm³/mol. The lowest BCUT2D eigenvalue weighted by molar-refractivity contribution is 0.00833. The van der Waals surface area contributed by atoms with Crippen LogP contribution in [0.2, 0.25) is 0 Å². The van der Waals surface area contributed by atoms with Crippen molar-refractivity contribution in [2.75, 3.05) is 26.2 Å². The number of benzene rings is 1. The highest BCUT2D eigenvalue weighted by Crippen LogP contribution is 2.19. The fourth-order valence-electron chi connectivity index (χ4n) is 2.54. The van der Waals surface area contributed by atoms with Gasteiger partial charge in [0.25, 0.3) is 5.91 Å². The van der Waals surface area contributed by atoms with Crippen molar-refractivity contribution in [1.29, 1.82) is 0 Å². The lowest BCUT2D eigenvalue weighted by Gasteiger charge is -2.32. The zero-order chi connectivity index (χ0) is 15.2. The Hall–Kier alpha value is -1.46. The third-order valence-electron chi connectivity index (χ3n) is 3.85. The number of hydrogen-bond donors (Lipinski definition) is 1. The summed E-state index contributed by atoms with van der Waals surface area (Å²) in [7, 11) is 0. The van der Waals surface area contributed by atoms with E-state index < -0.39 is 5.82 Å². The Balaban J connectivity index is 1.90. The van der Waals surface area contributed by atoms with Crippen molar-refractivity contribution in [2.24, 2.45) is 5.73 Å². The normalized spacial score (nSPS) is 16.2. The maximum Gasteiger partial charge on any atom is 0.256 e. The Labute approximate surface area is 125 Å². The molecule has 1 heterocycles. The number of aryl methyl sites for hydroxylation is 1. The summed E-state index contributed by atoms with van der Waals surface area (Å²) in [5.74, 6) is -0.638. The fraction of sp³-hybridized carbons (Fsp3) is 0.562. The molecule has 1 aromatic rings. The highest BCUT2D eigenvalue weighted by molar-refractivity contribution is 5.94. The number of ether oxygens (including phenoxy) is 1. The molecule has 116 valence electrons. The summed E-state index contributed by atoms with van der Waals surface area (Å²) < 4.78 is 19.7. The molecule has 0 bridgehead atoms. The van der Waals surface area contributed by atoms with Crippen LogP contribution in [-0.4, -0.2) is 43.2 Å². The van der Waals surface area contributed by atoms with Crippen LogP contribution < -0.4 is 5.73 Å². The van der Waals surface area contributed by atoms with Crippen LogP contribution in [0.3, 0.4) is 0 Å². The molecule has 1 aliphatic heterocycles. The van der Waals surface area contributed by atoms with Crippen LogP contribution in [-0.2, 0) is 4.74 Å². The van der Waals surface area contributed by atoms with Crippen molar-refractivity contribution >= 4 is 5.91 Å². The second kappa shape index (κ2) is 7.52. The van der Waals surface area contributed by atoms with Gasteiger partial charge in [-0.25, -0.2) is 4.39 Å². The number of nitrogens with two attached hydrogens (primary N) is 1. The highest BCUT2D eigenvalue weighted by atomic mass is 19.1. The van der Waals surface area contributed by atoms with E-state index in [4.69, 9.17) is 10.5 Å². The lowest BCUT2D eigenvalue weighted by Crippen LogP contribution is -2.41. The number of hydrogen-bond acceptors (Lipinski definition) is 3. The summed E-state index contributed by atoms with van der Waals surface area (Å²) in [6, 6.07) is 4.94. The summed E-state index contributed by atoms with van der Waals surface area (Å²) in [5, 5.41) is 0. The van der Waals surface area contributed by atoms with Crippen molar-refractivity contribution in [3.8, 4) is 0 Å². The van der Waals surface area contributed by atoms with Gasteiger partial charge in [-0.1, -0.05) is 12.1 Å². The number of halogens is 1. The van der Waals surface area contributed by atoms with Crippen molar-refractivity contribution in [2.45, 2.75) is 32.3 Å². The predicted octanol–water partition coefficient (Wildman–Crippen LogP) is 2.10. The number of amides is 1. The van der Waals surface area contributed by atoms with Crippen molar-refractivity contribution in [1.82, 2.24) is 4.90 Å². The van der Waals surface area contributed by atoms with E-state index in [0.717, 1.165) is 19.3 Å². The summed E-state index contributed by atoms with van der Waals surface area (Å²) in [6.07, 6.45) is 2.63. The maximum absolute atomic E-state index is 14.0. The van der Waals surface area contributed by atoms with Gasteiger partial charge in [0.05, 0.1) is 11.7 Å². The summed E-state index contributed by atoms with van der Waals surface area (Å²) in [5.41, 5.74) is 6.09. The van der Waals surface area contributed by atoms with Crippen LogP contribution in [0.4, 0.5) is 4.39 Å². The zero-order valence-electron chi connectivity index (χ0n) is 12.5. The van der Waals surface area contributed by atoms with Crippen molar-refractivity contribution in [3.05, 3.63) is 35.1 Å². The molecule has 0 radical (unpaired) electrons. The second-order valence-corrected chi connectivity index (χ2v) is 5.44. The van der Waals surface area contributed by atoms with Crippen LogP contribution in [0.25, 0.3) is 0 Å². The molecule has 5 heteroatoms. The fourth-order valence-corrected chi connectivity index (χ4v) is 2.54. The van der Waals surface area contributed by atoms with Crippen LogP contribution in [0.15, 0.2) is 18.2 Å². The van der Waals surface area contributed by atoms with Gasteiger partial charge >= 0.3 is 0 Å². The molecule has 2 rings (SSSR count). The van der Waals surface area contributed by atoms with Crippen LogP contribution in [0, 0.1) is 12.7 Å². The Morgan fingerprint density at radius 1 is 1.43 bits per heavy atom. The SMILES string of the molecule is Cc1cccc(C(=O)N2CCC(OCCCN)CC2)c1F. The van der Waals surface area contributed by atoms with E-state index in [1.54, 1.807) is 30.0 Å². The molecule has 1 amide bonds. The molecule has 0 unspecified atom stereocenters. The molecule has 0 saturated carbocycles. The Kier molecular flexibility index (Phi) is 5.70. The molecule has 1 aliphatic rings. The quantitative estimate of drug-likeness (QED) is 0.846. The Morgan fingerprint density at radius 2 is 2.14 bits per heavy atom. The van der Waals surface area contributed by atoms with Gasteiger partial charge in [-0.05, 0) is 44.4 Å². The number of carbonyl (C=O) groups excluding carboxylic acids is 1. The van der Waals surface area contributed by atoms with Gasteiger partial charge < -0.3 is 15.4 Å². The summed E-state index contributed by atoms with van der Waals surface area (Å²) in [6.45, 7) is 4.19. The lowest BCUT2D eigenvalue weighted by atomic mass is 10.0. The van der Waals surface area contributed by atoms with E-state index in [1.165, 1.54) is 0 Å². The zero-order valence-corrected chi connectivity index (χ0v) is 12.5. The first kappa shape index (κ1) is 15.9. The first-order valence-electron chi connectivity index (χ1n) is 7.49. The van der Waals surface area contributed by atoms with Crippen LogP contribution >= 0.6 is 0 Å². The molecule has 4 nitrogen and oxygen atoms in total. The van der Waals surface area contributed by atoms with E-state index >= 15 is 0 Å². The largest absolute Gasteiger partial charge is 0.378 e. The Bertz CT molecular complexity index is 485. The number of rotatable bonds is 5. The van der Waals surface area contributed by atoms with Crippen molar-refractivity contribution in [3.63, 3.8) is 0 Å². The van der Waals surface area contributed by atoms with E-state index in [-0.39, 0.29) is 17.6 Å². The number of nitrogens with zero attached hydrogens (tertiary/aromatic N) is 1. The summed E-state index contributed by atoms with van der Waals surface area (Å²) >= 11 is 0. The van der Waals surface area contributed by atoms with Gasteiger partial charge in [0.1, 0.15) is 5.82 Å². The van der Waals surface area contributed by atoms with Gasteiger partial charge in [0.15, 0.2) is 0 Å². The number of carbonyl (C=O) groups is 1. The molecule has 1 fully saturated rings. The van der Waals surface area contributed by atoms with E-state index in [0.29, 0.717) is 31.8 Å². The molecule has 0 aliphatic carbocycles. The van der Waals surface area contributed by atoms with E-state index in [9.17, 15) is 9.18 Å². The molecule has 2 N–H and O–H groups in total. The monoisotopic (exact) mass is 294 g/mol. The molecule has 1 saturated heterocycles. The minimum absolute atomic E-state index is 0.164.